The number of halogens is 1. The molecular weight excluding hydrogens is 360 g/mol. The molecule has 0 unspecified atom stereocenters. The lowest BCUT2D eigenvalue weighted by Gasteiger charge is -2.31. The van der Waals surface area contributed by atoms with Gasteiger partial charge in [-0.2, -0.15) is 0 Å². The predicted molar refractivity (Wildman–Crippen MR) is 102 cm³/mol. The number of hydrogen-bond acceptors (Lipinski definition) is 6. The van der Waals surface area contributed by atoms with Gasteiger partial charge < -0.3 is 10.5 Å². The Kier molecular flexibility index (Phi) is 6.75. The minimum atomic E-state index is -0.767. The summed E-state index contributed by atoms with van der Waals surface area (Å²) in [6.45, 7) is 0. The Bertz CT molecular complexity index is 716. The Morgan fingerprint density at radius 2 is 2.08 bits per heavy atom. The third kappa shape index (κ3) is 4.90. The number of nitrogens with one attached hydrogen (secondary N) is 1. The number of carbonyl (C=O) groups excluding carboxylic acids is 1. The molecule has 136 valence electrons. The molecule has 0 atom stereocenters. The number of nitrogens with two attached hydrogens (primary N) is 1. The third-order valence-electron chi connectivity index (χ3n) is 4.37. The molecule has 3 N–H and O–H groups in total. The fourth-order valence-electron chi connectivity index (χ4n) is 2.96. The molecule has 1 heterocycles. The first kappa shape index (κ1) is 19.6. The largest absolute Gasteiger partial charge is 0.497 e. The number of nitrogens with zero attached hydrogens (tertiary/aromatic N) is 2. The lowest BCUT2D eigenvalue weighted by atomic mass is 9.82. The Labute approximate surface area is 157 Å². The van der Waals surface area contributed by atoms with Crippen LogP contribution in [0.3, 0.4) is 0 Å². The second-order valence-corrected chi connectivity index (χ2v) is 7.26. The van der Waals surface area contributed by atoms with Gasteiger partial charge in [0.25, 0.3) is 0 Å². The van der Waals surface area contributed by atoms with E-state index in [0.29, 0.717) is 11.6 Å². The quantitative estimate of drug-likeness (QED) is 0.828. The Balaban J connectivity index is 0.00000225. The smallest absolute Gasteiger partial charge is 0.246 e. The van der Waals surface area contributed by atoms with Crippen LogP contribution in [-0.2, 0) is 11.2 Å². The highest BCUT2D eigenvalue weighted by Gasteiger charge is 2.35. The van der Waals surface area contributed by atoms with Crippen molar-refractivity contribution in [1.82, 2.24) is 10.2 Å². The van der Waals surface area contributed by atoms with Crippen LogP contribution in [0.4, 0.5) is 5.13 Å². The summed E-state index contributed by atoms with van der Waals surface area (Å²) in [7, 11) is 1.64. The second kappa shape index (κ2) is 8.60. The maximum absolute atomic E-state index is 12.4. The number of ether oxygens (including phenoxy) is 1. The molecule has 1 amide bonds. The van der Waals surface area contributed by atoms with Gasteiger partial charge in [-0.15, -0.1) is 22.6 Å². The van der Waals surface area contributed by atoms with Crippen LogP contribution in [-0.4, -0.2) is 28.8 Å². The summed E-state index contributed by atoms with van der Waals surface area (Å²) in [6, 6.07) is 7.83. The second-order valence-electron chi connectivity index (χ2n) is 6.20. The number of methoxy groups -OCH3 is 1. The summed E-state index contributed by atoms with van der Waals surface area (Å²) in [4.78, 5) is 12.4. The predicted octanol–water partition coefficient (Wildman–Crippen LogP) is 3.16. The van der Waals surface area contributed by atoms with Crippen LogP contribution in [0.5, 0.6) is 5.75 Å². The van der Waals surface area contributed by atoms with Crippen molar-refractivity contribution in [3.05, 3.63) is 34.8 Å². The first-order valence-corrected chi connectivity index (χ1v) is 8.96. The van der Waals surface area contributed by atoms with E-state index in [4.69, 9.17) is 10.5 Å². The molecule has 3 rings (SSSR count). The van der Waals surface area contributed by atoms with E-state index in [-0.39, 0.29) is 18.3 Å². The summed E-state index contributed by atoms with van der Waals surface area (Å²) in [6.07, 6.45) is 5.26. The van der Waals surface area contributed by atoms with E-state index in [1.54, 1.807) is 7.11 Å². The van der Waals surface area contributed by atoms with Crippen molar-refractivity contribution in [1.29, 1.82) is 0 Å². The molecule has 0 radical (unpaired) electrons. The van der Waals surface area contributed by atoms with Gasteiger partial charge >= 0.3 is 0 Å². The Morgan fingerprint density at radius 3 is 2.80 bits per heavy atom. The average molecular weight is 383 g/mol. The van der Waals surface area contributed by atoms with Crippen LogP contribution in [0.25, 0.3) is 0 Å². The van der Waals surface area contributed by atoms with Gasteiger partial charge in [-0.25, -0.2) is 0 Å². The molecule has 1 aliphatic carbocycles. The average Bonchev–Trinajstić information content (AvgIpc) is 3.02. The topological polar surface area (TPSA) is 90.1 Å². The molecule has 2 aromatic rings. The van der Waals surface area contributed by atoms with Gasteiger partial charge in [-0.3, -0.25) is 10.1 Å². The lowest BCUT2D eigenvalue weighted by Crippen LogP contribution is -2.52. The highest BCUT2D eigenvalue weighted by molar-refractivity contribution is 7.15. The Morgan fingerprint density at radius 1 is 1.32 bits per heavy atom. The lowest BCUT2D eigenvalue weighted by molar-refractivity contribution is -0.122. The zero-order chi connectivity index (χ0) is 17.0. The van der Waals surface area contributed by atoms with Crippen molar-refractivity contribution in [2.45, 2.75) is 44.1 Å². The summed E-state index contributed by atoms with van der Waals surface area (Å²) in [5, 5.41) is 12.4. The zero-order valence-electron chi connectivity index (χ0n) is 14.2. The molecule has 6 nitrogen and oxygen atoms in total. The van der Waals surface area contributed by atoms with Gasteiger partial charge in [0.15, 0.2) is 0 Å². The van der Waals surface area contributed by atoms with E-state index in [0.717, 1.165) is 48.4 Å². The van der Waals surface area contributed by atoms with Gasteiger partial charge in [-0.05, 0) is 30.5 Å². The fraction of sp³-hybridized carbons (Fsp3) is 0.471. The molecule has 1 aromatic carbocycles. The van der Waals surface area contributed by atoms with Crippen molar-refractivity contribution in [2.24, 2.45) is 5.73 Å². The van der Waals surface area contributed by atoms with Gasteiger partial charge in [0.2, 0.25) is 11.0 Å². The van der Waals surface area contributed by atoms with E-state index in [1.807, 2.05) is 24.3 Å². The number of aromatic nitrogens is 2. The SMILES string of the molecule is COc1cccc(Cc2nnc(NC(=O)C3(N)CCCCC3)s2)c1.Cl. The number of carbonyl (C=O) groups is 1. The molecule has 8 heteroatoms. The van der Waals surface area contributed by atoms with E-state index in [1.165, 1.54) is 11.3 Å². The summed E-state index contributed by atoms with van der Waals surface area (Å²) < 4.78 is 5.23. The molecule has 0 aliphatic heterocycles. The first-order valence-electron chi connectivity index (χ1n) is 8.15. The van der Waals surface area contributed by atoms with Crippen molar-refractivity contribution in [3.63, 3.8) is 0 Å². The number of hydrogen-bond donors (Lipinski definition) is 2. The summed E-state index contributed by atoms with van der Waals surface area (Å²) >= 11 is 1.38. The summed E-state index contributed by atoms with van der Waals surface area (Å²) in [5.41, 5.74) is 6.57. The number of anilines is 1. The minimum absolute atomic E-state index is 0. The highest BCUT2D eigenvalue weighted by atomic mass is 35.5. The molecule has 1 saturated carbocycles. The normalized spacial score (nSPS) is 15.9. The van der Waals surface area contributed by atoms with Crippen LogP contribution in [0.1, 0.15) is 42.7 Å². The van der Waals surface area contributed by atoms with Crippen LogP contribution in [0.2, 0.25) is 0 Å². The molecule has 0 spiro atoms. The standard InChI is InChI=1S/C17H22N4O2S.ClH/c1-23-13-7-5-6-12(10-13)11-14-20-21-16(24-14)19-15(22)17(18)8-3-2-4-9-17;/h5-7,10H,2-4,8-9,11,18H2,1H3,(H,19,21,22);1H. The van der Waals surface area contributed by atoms with Gasteiger partial charge in [-0.1, -0.05) is 42.7 Å². The molecule has 0 bridgehead atoms. The maximum atomic E-state index is 12.4. The summed E-state index contributed by atoms with van der Waals surface area (Å²) in [5.74, 6) is 0.666. The molecule has 25 heavy (non-hydrogen) atoms. The number of benzene rings is 1. The molecule has 1 fully saturated rings. The van der Waals surface area contributed by atoms with Crippen LogP contribution < -0.4 is 15.8 Å². The van der Waals surface area contributed by atoms with Crippen LogP contribution >= 0.6 is 23.7 Å². The van der Waals surface area contributed by atoms with Crippen molar-refractivity contribution < 1.29 is 9.53 Å². The van der Waals surface area contributed by atoms with Gasteiger partial charge in [0.05, 0.1) is 12.6 Å². The van der Waals surface area contributed by atoms with Gasteiger partial charge in [0.1, 0.15) is 10.8 Å². The van der Waals surface area contributed by atoms with E-state index in [9.17, 15) is 4.79 Å². The van der Waals surface area contributed by atoms with Crippen molar-refractivity contribution in [2.75, 3.05) is 12.4 Å². The highest BCUT2D eigenvalue weighted by Crippen LogP contribution is 2.28. The maximum Gasteiger partial charge on any atom is 0.246 e. The van der Waals surface area contributed by atoms with Gasteiger partial charge in [0, 0.05) is 6.42 Å². The minimum Gasteiger partial charge on any atom is -0.497 e. The van der Waals surface area contributed by atoms with Crippen molar-refractivity contribution >= 4 is 34.8 Å². The first-order chi connectivity index (χ1) is 11.6. The third-order valence-corrected chi connectivity index (χ3v) is 5.21. The van der Waals surface area contributed by atoms with E-state index >= 15 is 0 Å². The van der Waals surface area contributed by atoms with Crippen LogP contribution in [0, 0.1) is 0 Å². The molecule has 1 aliphatic rings. The fourth-order valence-corrected chi connectivity index (χ4v) is 3.73. The van der Waals surface area contributed by atoms with E-state index in [2.05, 4.69) is 15.5 Å². The molecule has 0 saturated heterocycles. The Hall–Kier alpha value is -1.70. The van der Waals surface area contributed by atoms with Crippen molar-refractivity contribution in [3.8, 4) is 5.75 Å². The number of amides is 1. The molecular formula is C17H23ClN4O2S. The van der Waals surface area contributed by atoms with Crippen LogP contribution in [0.15, 0.2) is 24.3 Å². The molecule has 1 aromatic heterocycles. The van der Waals surface area contributed by atoms with E-state index < -0.39 is 5.54 Å². The number of rotatable bonds is 5. The monoisotopic (exact) mass is 382 g/mol. The zero-order valence-corrected chi connectivity index (χ0v) is 15.8.